The van der Waals surface area contributed by atoms with Crippen molar-refractivity contribution in [2.75, 3.05) is 14.2 Å². The first-order valence-electron chi connectivity index (χ1n) is 6.19. The summed E-state index contributed by atoms with van der Waals surface area (Å²) in [6.07, 6.45) is 1.94. The van der Waals surface area contributed by atoms with Crippen molar-refractivity contribution in [3.8, 4) is 11.5 Å². The van der Waals surface area contributed by atoms with Crippen molar-refractivity contribution in [3.63, 3.8) is 0 Å². The molecule has 0 amide bonds. The summed E-state index contributed by atoms with van der Waals surface area (Å²) in [4.78, 5) is 11.9. The number of benzene rings is 1. The Morgan fingerprint density at radius 2 is 1.84 bits per heavy atom. The molecule has 0 saturated heterocycles. The molecule has 0 aromatic heterocycles. The predicted octanol–water partition coefficient (Wildman–Crippen LogP) is 2.80. The fourth-order valence-corrected chi connectivity index (χ4v) is 1.90. The third kappa shape index (κ3) is 2.97. The van der Waals surface area contributed by atoms with E-state index in [1.54, 1.807) is 0 Å². The summed E-state index contributed by atoms with van der Waals surface area (Å²) in [5.74, 6) is -0.391. The van der Waals surface area contributed by atoms with Gasteiger partial charge in [0.25, 0.3) is 0 Å². The monoisotopic (exact) mass is 268 g/mol. The molecule has 1 aliphatic carbocycles. The standard InChI is InChI=1S/C14H17FO4/c1-8(9-4-5-9)19-14(16)10-6-12(17-2)13(18-3)7-11(10)15/h6-9H,4-5H2,1-3H3/t8-/m0/s1. The number of methoxy groups -OCH3 is 2. The zero-order valence-corrected chi connectivity index (χ0v) is 11.2. The first kappa shape index (κ1) is 13.6. The number of carbonyl (C=O) groups excluding carboxylic acids is 1. The molecular weight excluding hydrogens is 251 g/mol. The van der Waals surface area contributed by atoms with Crippen LogP contribution in [0, 0.1) is 11.7 Å². The van der Waals surface area contributed by atoms with Gasteiger partial charge >= 0.3 is 5.97 Å². The molecule has 19 heavy (non-hydrogen) atoms. The topological polar surface area (TPSA) is 44.8 Å². The SMILES string of the molecule is COc1cc(F)c(C(=O)O[C@@H](C)C2CC2)cc1OC. The largest absolute Gasteiger partial charge is 0.493 e. The zero-order chi connectivity index (χ0) is 14.0. The fraction of sp³-hybridized carbons (Fsp3) is 0.500. The maximum Gasteiger partial charge on any atom is 0.341 e. The Morgan fingerprint density at radius 1 is 1.26 bits per heavy atom. The highest BCUT2D eigenvalue weighted by Crippen LogP contribution is 2.35. The summed E-state index contributed by atoms with van der Waals surface area (Å²) in [7, 11) is 2.84. The minimum absolute atomic E-state index is 0.134. The molecule has 1 atom stereocenters. The normalized spacial score (nSPS) is 15.8. The van der Waals surface area contributed by atoms with Gasteiger partial charge in [0.2, 0.25) is 0 Å². The van der Waals surface area contributed by atoms with Gasteiger partial charge in [-0.1, -0.05) is 0 Å². The van der Waals surface area contributed by atoms with Gasteiger partial charge < -0.3 is 14.2 Å². The quantitative estimate of drug-likeness (QED) is 0.770. The van der Waals surface area contributed by atoms with E-state index in [0.717, 1.165) is 18.9 Å². The van der Waals surface area contributed by atoms with Crippen LogP contribution in [0.15, 0.2) is 12.1 Å². The molecule has 0 bridgehead atoms. The van der Waals surface area contributed by atoms with Crippen LogP contribution in [0.3, 0.4) is 0 Å². The molecule has 1 aliphatic rings. The Bertz CT molecular complexity index is 483. The third-order valence-corrected chi connectivity index (χ3v) is 3.27. The number of hydrogen-bond donors (Lipinski definition) is 0. The number of rotatable bonds is 5. The maximum absolute atomic E-state index is 13.8. The van der Waals surface area contributed by atoms with Gasteiger partial charge in [0.15, 0.2) is 11.5 Å². The zero-order valence-electron chi connectivity index (χ0n) is 11.2. The molecule has 1 fully saturated rings. The van der Waals surface area contributed by atoms with E-state index in [1.165, 1.54) is 20.3 Å². The maximum atomic E-state index is 13.8. The van der Waals surface area contributed by atoms with Gasteiger partial charge in [-0.15, -0.1) is 0 Å². The highest BCUT2D eigenvalue weighted by atomic mass is 19.1. The molecule has 5 heteroatoms. The van der Waals surface area contributed by atoms with E-state index in [1.807, 2.05) is 6.92 Å². The van der Waals surface area contributed by atoms with Crippen LogP contribution in [-0.4, -0.2) is 26.3 Å². The van der Waals surface area contributed by atoms with Crippen LogP contribution in [0.1, 0.15) is 30.1 Å². The minimum atomic E-state index is -0.675. The van der Waals surface area contributed by atoms with Crippen LogP contribution in [-0.2, 0) is 4.74 Å². The second kappa shape index (κ2) is 5.47. The van der Waals surface area contributed by atoms with Crippen molar-refractivity contribution in [3.05, 3.63) is 23.5 Å². The Labute approximate surface area is 111 Å². The first-order valence-corrected chi connectivity index (χ1v) is 6.19. The van der Waals surface area contributed by atoms with Crippen LogP contribution in [0.2, 0.25) is 0 Å². The van der Waals surface area contributed by atoms with E-state index in [4.69, 9.17) is 14.2 Å². The van der Waals surface area contributed by atoms with Crippen molar-refractivity contribution in [2.24, 2.45) is 5.92 Å². The third-order valence-electron chi connectivity index (χ3n) is 3.27. The molecule has 104 valence electrons. The molecule has 0 aliphatic heterocycles. The van der Waals surface area contributed by atoms with Crippen molar-refractivity contribution < 1.29 is 23.4 Å². The lowest BCUT2D eigenvalue weighted by atomic mass is 10.2. The van der Waals surface area contributed by atoms with Crippen molar-refractivity contribution >= 4 is 5.97 Å². The van der Waals surface area contributed by atoms with Crippen LogP contribution in [0.4, 0.5) is 4.39 Å². The van der Waals surface area contributed by atoms with E-state index < -0.39 is 11.8 Å². The molecule has 1 saturated carbocycles. The van der Waals surface area contributed by atoms with E-state index in [9.17, 15) is 9.18 Å². The highest BCUT2D eigenvalue weighted by molar-refractivity contribution is 5.90. The number of carbonyl (C=O) groups is 1. The van der Waals surface area contributed by atoms with Gasteiger partial charge in [-0.25, -0.2) is 9.18 Å². The van der Waals surface area contributed by atoms with Gasteiger partial charge in [-0.3, -0.25) is 0 Å². The molecule has 1 aromatic rings. The molecule has 0 heterocycles. The Morgan fingerprint density at radius 3 is 2.37 bits per heavy atom. The average molecular weight is 268 g/mol. The van der Waals surface area contributed by atoms with Crippen LogP contribution >= 0.6 is 0 Å². The van der Waals surface area contributed by atoms with Gasteiger partial charge in [0.05, 0.1) is 19.8 Å². The Hall–Kier alpha value is -1.78. The lowest BCUT2D eigenvalue weighted by Crippen LogP contribution is -2.18. The highest BCUT2D eigenvalue weighted by Gasteiger charge is 2.31. The number of ether oxygens (including phenoxy) is 3. The lowest BCUT2D eigenvalue weighted by Gasteiger charge is -2.14. The van der Waals surface area contributed by atoms with Gasteiger partial charge in [-0.2, -0.15) is 0 Å². The van der Waals surface area contributed by atoms with Crippen molar-refractivity contribution in [1.82, 2.24) is 0 Å². The molecular formula is C14H17FO4. The molecule has 1 aromatic carbocycles. The van der Waals surface area contributed by atoms with Crippen molar-refractivity contribution in [2.45, 2.75) is 25.9 Å². The predicted molar refractivity (Wildman–Crippen MR) is 67.1 cm³/mol. The van der Waals surface area contributed by atoms with Crippen LogP contribution < -0.4 is 9.47 Å². The minimum Gasteiger partial charge on any atom is -0.493 e. The summed E-state index contributed by atoms with van der Waals surface area (Å²) in [6, 6.07) is 2.42. The molecule has 0 N–H and O–H groups in total. The summed E-state index contributed by atoms with van der Waals surface area (Å²) >= 11 is 0. The van der Waals surface area contributed by atoms with Gasteiger partial charge in [0, 0.05) is 12.1 Å². The van der Waals surface area contributed by atoms with E-state index >= 15 is 0 Å². The van der Waals surface area contributed by atoms with Crippen LogP contribution in [0.5, 0.6) is 11.5 Å². The Balaban J connectivity index is 2.20. The number of halogens is 1. The smallest absolute Gasteiger partial charge is 0.341 e. The summed E-state index contributed by atoms with van der Waals surface area (Å²) < 4.78 is 29.1. The molecule has 2 rings (SSSR count). The second-order valence-corrected chi connectivity index (χ2v) is 4.63. The van der Waals surface area contributed by atoms with E-state index in [2.05, 4.69) is 0 Å². The number of esters is 1. The van der Waals surface area contributed by atoms with E-state index in [0.29, 0.717) is 11.7 Å². The van der Waals surface area contributed by atoms with Crippen LogP contribution in [0.25, 0.3) is 0 Å². The van der Waals surface area contributed by atoms with Gasteiger partial charge in [0.1, 0.15) is 11.9 Å². The summed E-state index contributed by atoms with van der Waals surface area (Å²) in [5, 5.41) is 0. The fourth-order valence-electron chi connectivity index (χ4n) is 1.90. The first-order chi connectivity index (χ1) is 9.06. The lowest BCUT2D eigenvalue weighted by molar-refractivity contribution is 0.0289. The summed E-state index contributed by atoms with van der Waals surface area (Å²) in [5.41, 5.74) is -0.134. The second-order valence-electron chi connectivity index (χ2n) is 4.63. The van der Waals surface area contributed by atoms with E-state index in [-0.39, 0.29) is 17.4 Å². The molecule has 4 nitrogen and oxygen atoms in total. The van der Waals surface area contributed by atoms with Crippen molar-refractivity contribution in [1.29, 1.82) is 0 Å². The average Bonchev–Trinajstić information content (AvgIpc) is 3.22. The van der Waals surface area contributed by atoms with Gasteiger partial charge in [-0.05, 0) is 25.7 Å². The molecule has 0 radical (unpaired) electrons. The molecule has 0 spiro atoms. The number of hydrogen-bond acceptors (Lipinski definition) is 4. The molecule has 0 unspecified atom stereocenters. The Kier molecular flexibility index (Phi) is 3.93. The summed E-state index contributed by atoms with van der Waals surface area (Å²) in [6.45, 7) is 1.83.